The number of rotatable bonds is 5. The summed E-state index contributed by atoms with van der Waals surface area (Å²) < 4.78 is 13.3. The highest BCUT2D eigenvalue weighted by atomic mass is 19.1. The summed E-state index contributed by atoms with van der Waals surface area (Å²) in [5, 5.41) is 7.12. The Bertz CT molecular complexity index is 914. The summed E-state index contributed by atoms with van der Waals surface area (Å²) in [6, 6.07) is 6.93. The number of hydrogen-bond donors (Lipinski definition) is 1. The van der Waals surface area contributed by atoms with E-state index in [4.69, 9.17) is 0 Å². The molecule has 1 aliphatic carbocycles. The molecule has 2 aliphatic rings. The van der Waals surface area contributed by atoms with Crippen molar-refractivity contribution in [2.24, 2.45) is 5.92 Å². The third kappa shape index (κ3) is 3.38. The summed E-state index contributed by atoms with van der Waals surface area (Å²) in [5.41, 5.74) is 2.99. The van der Waals surface area contributed by atoms with Crippen LogP contribution in [0.2, 0.25) is 0 Å². The molecule has 0 radical (unpaired) electrons. The largest absolute Gasteiger partial charge is 0.352 e. The molecule has 6 nitrogen and oxygen atoms in total. The van der Waals surface area contributed by atoms with Gasteiger partial charge in [0.05, 0.1) is 6.20 Å². The Morgan fingerprint density at radius 3 is 2.43 bits per heavy atom. The second kappa shape index (κ2) is 7.31. The van der Waals surface area contributed by atoms with Crippen LogP contribution in [0.3, 0.4) is 0 Å². The first-order valence-electron chi connectivity index (χ1n) is 9.84. The van der Waals surface area contributed by atoms with Crippen molar-refractivity contribution in [1.29, 1.82) is 0 Å². The molecule has 1 saturated carbocycles. The fourth-order valence-corrected chi connectivity index (χ4v) is 4.20. The monoisotopic (exact) mass is 378 g/mol. The molecule has 1 aliphatic heterocycles. The minimum atomic E-state index is -0.242. The number of H-pyrrole nitrogens is 1. The van der Waals surface area contributed by atoms with Crippen LogP contribution in [-0.4, -0.2) is 51.2 Å². The third-order valence-electron chi connectivity index (χ3n) is 5.73. The van der Waals surface area contributed by atoms with Gasteiger partial charge in [0, 0.05) is 61.9 Å². The number of anilines is 1. The first kappa shape index (κ1) is 17.3. The van der Waals surface area contributed by atoms with Gasteiger partial charge in [-0.2, -0.15) is 5.10 Å². The van der Waals surface area contributed by atoms with Gasteiger partial charge in [-0.3, -0.25) is 15.0 Å². The third-order valence-corrected chi connectivity index (χ3v) is 5.73. The van der Waals surface area contributed by atoms with Gasteiger partial charge in [-0.1, -0.05) is 0 Å². The molecule has 1 atom stereocenters. The lowest BCUT2D eigenvalue weighted by Crippen LogP contribution is -2.48. The molecule has 1 saturated heterocycles. The van der Waals surface area contributed by atoms with Gasteiger partial charge in [-0.05, 0) is 43.0 Å². The molecule has 0 bridgehead atoms. The summed E-state index contributed by atoms with van der Waals surface area (Å²) in [5.74, 6) is 1.38. The molecule has 1 N–H and O–H groups in total. The Morgan fingerprint density at radius 2 is 1.75 bits per heavy atom. The van der Waals surface area contributed by atoms with Crippen LogP contribution < -0.4 is 4.90 Å². The molecular weight excluding hydrogens is 355 g/mol. The summed E-state index contributed by atoms with van der Waals surface area (Å²) in [4.78, 5) is 14.0. The van der Waals surface area contributed by atoms with Gasteiger partial charge in [0.1, 0.15) is 11.5 Å². The van der Waals surface area contributed by atoms with Gasteiger partial charge >= 0.3 is 0 Å². The second-order valence-corrected chi connectivity index (χ2v) is 7.57. The molecular formula is C21H23FN6. The average molecular weight is 378 g/mol. The van der Waals surface area contributed by atoms with E-state index in [2.05, 4.69) is 30.0 Å². The predicted octanol–water partition coefficient (Wildman–Crippen LogP) is 3.28. The van der Waals surface area contributed by atoms with Crippen molar-refractivity contribution in [2.45, 2.75) is 18.9 Å². The highest BCUT2D eigenvalue weighted by Gasteiger charge is 2.38. The number of nitrogens with one attached hydrogen (secondary N) is 1. The molecule has 3 aromatic rings. The lowest BCUT2D eigenvalue weighted by Gasteiger charge is -2.40. The standard InChI is InChI=1S/C21H23FN6/c22-18-5-3-15(4-6-18)19-21(24-8-7-23-19)28-11-9-27(10-12-28)20(16-1-2-16)17-13-25-26-14-17/h3-8,13-14,16,20H,1-2,9-12H2,(H,25,26). The quantitative estimate of drug-likeness (QED) is 0.738. The second-order valence-electron chi connectivity index (χ2n) is 7.57. The van der Waals surface area contributed by atoms with Crippen LogP contribution >= 0.6 is 0 Å². The van der Waals surface area contributed by atoms with Gasteiger partial charge in [-0.25, -0.2) is 9.37 Å². The number of hydrogen-bond acceptors (Lipinski definition) is 5. The normalized spacial score (nSPS) is 19.0. The van der Waals surface area contributed by atoms with E-state index in [9.17, 15) is 4.39 Å². The minimum Gasteiger partial charge on any atom is -0.352 e. The first-order chi connectivity index (χ1) is 13.8. The van der Waals surface area contributed by atoms with Crippen molar-refractivity contribution in [3.05, 3.63) is 60.4 Å². The zero-order valence-corrected chi connectivity index (χ0v) is 15.6. The van der Waals surface area contributed by atoms with E-state index in [0.29, 0.717) is 6.04 Å². The minimum absolute atomic E-state index is 0.242. The number of aromatic amines is 1. The van der Waals surface area contributed by atoms with E-state index in [1.54, 1.807) is 24.5 Å². The van der Waals surface area contributed by atoms with E-state index in [1.165, 1.54) is 30.5 Å². The number of halogens is 1. The van der Waals surface area contributed by atoms with Crippen LogP contribution in [0.1, 0.15) is 24.4 Å². The van der Waals surface area contributed by atoms with Crippen LogP contribution in [0.4, 0.5) is 10.2 Å². The molecule has 7 heteroatoms. The molecule has 5 rings (SSSR count). The van der Waals surface area contributed by atoms with E-state index in [0.717, 1.165) is 49.2 Å². The SMILES string of the molecule is Fc1ccc(-c2nccnc2N2CCN(C(c3cn[nH]c3)C3CC3)CC2)cc1. The average Bonchev–Trinajstić information content (AvgIpc) is 3.43. The molecule has 0 amide bonds. The molecule has 28 heavy (non-hydrogen) atoms. The van der Waals surface area contributed by atoms with E-state index in [-0.39, 0.29) is 5.82 Å². The van der Waals surface area contributed by atoms with E-state index in [1.807, 2.05) is 12.4 Å². The van der Waals surface area contributed by atoms with Crippen molar-refractivity contribution < 1.29 is 4.39 Å². The molecule has 2 aromatic heterocycles. The fourth-order valence-electron chi connectivity index (χ4n) is 4.20. The van der Waals surface area contributed by atoms with Crippen molar-refractivity contribution >= 4 is 5.82 Å². The van der Waals surface area contributed by atoms with E-state index >= 15 is 0 Å². The van der Waals surface area contributed by atoms with Gasteiger partial charge < -0.3 is 4.90 Å². The number of aromatic nitrogens is 4. The zero-order valence-electron chi connectivity index (χ0n) is 15.6. The summed E-state index contributed by atoms with van der Waals surface area (Å²) in [7, 11) is 0. The Labute approximate surface area is 163 Å². The number of nitrogens with zero attached hydrogens (tertiary/aromatic N) is 5. The molecule has 2 fully saturated rings. The number of benzene rings is 1. The maximum Gasteiger partial charge on any atom is 0.155 e. The van der Waals surface area contributed by atoms with Gasteiger partial charge in [0.15, 0.2) is 5.82 Å². The van der Waals surface area contributed by atoms with Crippen molar-refractivity contribution in [2.75, 3.05) is 31.1 Å². The van der Waals surface area contributed by atoms with Crippen LogP contribution in [0.5, 0.6) is 0 Å². The molecule has 0 spiro atoms. The Balaban J connectivity index is 1.34. The molecule has 3 heterocycles. The van der Waals surface area contributed by atoms with Crippen LogP contribution in [0.15, 0.2) is 49.1 Å². The summed E-state index contributed by atoms with van der Waals surface area (Å²) >= 11 is 0. The van der Waals surface area contributed by atoms with Gasteiger partial charge in [0.25, 0.3) is 0 Å². The lowest BCUT2D eigenvalue weighted by molar-refractivity contribution is 0.167. The Morgan fingerprint density at radius 1 is 1.00 bits per heavy atom. The van der Waals surface area contributed by atoms with Crippen molar-refractivity contribution in [1.82, 2.24) is 25.1 Å². The van der Waals surface area contributed by atoms with Gasteiger partial charge in [0.2, 0.25) is 0 Å². The molecule has 144 valence electrons. The smallest absolute Gasteiger partial charge is 0.155 e. The Kier molecular flexibility index (Phi) is 4.52. The van der Waals surface area contributed by atoms with E-state index < -0.39 is 0 Å². The lowest BCUT2D eigenvalue weighted by atomic mass is 10.0. The fraction of sp³-hybridized carbons (Fsp3) is 0.381. The van der Waals surface area contributed by atoms with Gasteiger partial charge in [-0.15, -0.1) is 0 Å². The highest BCUT2D eigenvalue weighted by molar-refractivity contribution is 5.72. The topological polar surface area (TPSA) is 60.9 Å². The summed E-state index contributed by atoms with van der Waals surface area (Å²) in [6.07, 6.45) is 10.0. The maximum absolute atomic E-state index is 13.3. The zero-order chi connectivity index (χ0) is 18.9. The van der Waals surface area contributed by atoms with Crippen molar-refractivity contribution in [3.63, 3.8) is 0 Å². The maximum atomic E-state index is 13.3. The summed E-state index contributed by atoms with van der Waals surface area (Å²) in [6.45, 7) is 3.75. The van der Waals surface area contributed by atoms with Crippen LogP contribution in [0.25, 0.3) is 11.3 Å². The first-order valence-corrected chi connectivity index (χ1v) is 9.84. The highest BCUT2D eigenvalue weighted by Crippen LogP contribution is 2.44. The Hall–Kier alpha value is -2.80. The number of piperazine rings is 1. The predicted molar refractivity (Wildman–Crippen MR) is 105 cm³/mol. The van der Waals surface area contributed by atoms with Crippen LogP contribution in [-0.2, 0) is 0 Å². The van der Waals surface area contributed by atoms with Crippen molar-refractivity contribution in [3.8, 4) is 11.3 Å². The van der Waals surface area contributed by atoms with Crippen LogP contribution in [0, 0.1) is 11.7 Å². The molecule has 1 aromatic carbocycles. The molecule has 1 unspecified atom stereocenters.